The van der Waals surface area contributed by atoms with E-state index in [1.807, 2.05) is 4.90 Å². The van der Waals surface area contributed by atoms with E-state index < -0.39 is 14.9 Å². The highest BCUT2D eigenvalue weighted by Gasteiger charge is 2.29. The van der Waals surface area contributed by atoms with Crippen molar-refractivity contribution in [1.82, 2.24) is 4.31 Å². The molecule has 0 atom stereocenters. The Kier molecular flexibility index (Phi) is 7.11. The van der Waals surface area contributed by atoms with E-state index >= 15 is 0 Å². The molecule has 31 heavy (non-hydrogen) atoms. The maximum atomic E-state index is 13.1. The van der Waals surface area contributed by atoms with Crippen LogP contribution in [-0.4, -0.2) is 49.9 Å². The first kappa shape index (κ1) is 23.0. The lowest BCUT2D eigenvalue weighted by molar-refractivity contribution is -0.384. The molecule has 0 radical (unpaired) electrons. The molecule has 1 aliphatic rings. The zero-order valence-electron chi connectivity index (χ0n) is 17.6. The third-order valence-electron chi connectivity index (χ3n) is 5.54. The molecule has 10 heteroatoms. The average molecular weight is 451 g/mol. The zero-order valence-corrected chi connectivity index (χ0v) is 18.4. The molecule has 1 saturated heterocycles. The van der Waals surface area contributed by atoms with Crippen LogP contribution in [0.4, 0.5) is 21.5 Å². The van der Waals surface area contributed by atoms with E-state index in [0.717, 1.165) is 24.6 Å². The number of hydrogen-bond acceptors (Lipinski definition) is 6. The van der Waals surface area contributed by atoms with Crippen LogP contribution in [0.15, 0.2) is 47.4 Å². The number of rotatable bonds is 8. The van der Waals surface area contributed by atoms with E-state index in [1.54, 1.807) is 26.0 Å². The molecule has 0 aromatic heterocycles. The molecule has 0 unspecified atom stereocenters. The predicted molar refractivity (Wildman–Crippen MR) is 118 cm³/mol. The molecule has 0 amide bonds. The van der Waals surface area contributed by atoms with Crippen LogP contribution < -0.4 is 10.2 Å². The third kappa shape index (κ3) is 5.13. The summed E-state index contributed by atoms with van der Waals surface area (Å²) in [5, 5.41) is 15.1. The number of anilines is 2. The summed E-state index contributed by atoms with van der Waals surface area (Å²) < 4.78 is 39.8. The Morgan fingerprint density at radius 2 is 1.74 bits per heavy atom. The second-order valence-corrected chi connectivity index (χ2v) is 9.35. The molecular formula is C21H27FN4O4S. The van der Waals surface area contributed by atoms with Crippen LogP contribution in [0.1, 0.15) is 26.7 Å². The number of halogens is 1. The van der Waals surface area contributed by atoms with Gasteiger partial charge in [-0.15, -0.1) is 0 Å². The van der Waals surface area contributed by atoms with Crippen LogP contribution in [0, 0.1) is 15.9 Å². The van der Waals surface area contributed by atoms with Crippen LogP contribution >= 0.6 is 0 Å². The van der Waals surface area contributed by atoms with Crippen molar-refractivity contribution in [3.63, 3.8) is 0 Å². The Morgan fingerprint density at radius 3 is 2.29 bits per heavy atom. The van der Waals surface area contributed by atoms with Crippen molar-refractivity contribution < 1.29 is 17.7 Å². The number of nitrogens with zero attached hydrogens (tertiary/aromatic N) is 3. The van der Waals surface area contributed by atoms with E-state index in [4.69, 9.17) is 0 Å². The molecule has 0 bridgehead atoms. The number of nitrogens with one attached hydrogen (secondary N) is 1. The SMILES string of the molecule is CCN(CC)S(=O)(=O)c1ccc(N2CCC(Nc3ccc(F)cc3)CC2)c([N+](=O)[O-])c1. The fraction of sp³-hybridized carbons (Fsp3) is 0.429. The van der Waals surface area contributed by atoms with Gasteiger partial charge in [-0.25, -0.2) is 12.8 Å². The molecule has 0 aliphatic carbocycles. The van der Waals surface area contributed by atoms with Gasteiger partial charge in [0.05, 0.1) is 9.82 Å². The Bertz CT molecular complexity index is 1020. The van der Waals surface area contributed by atoms with Gasteiger partial charge in [-0.2, -0.15) is 4.31 Å². The Labute approximate surface area is 181 Å². The lowest BCUT2D eigenvalue weighted by atomic mass is 10.0. The highest BCUT2D eigenvalue weighted by Crippen LogP contribution is 2.33. The first-order valence-electron chi connectivity index (χ1n) is 10.3. The first-order valence-corrected chi connectivity index (χ1v) is 11.8. The second kappa shape index (κ2) is 9.61. The van der Waals surface area contributed by atoms with Crippen LogP contribution in [0.25, 0.3) is 0 Å². The van der Waals surface area contributed by atoms with Crippen molar-refractivity contribution in [3.8, 4) is 0 Å². The van der Waals surface area contributed by atoms with E-state index in [9.17, 15) is 22.9 Å². The number of nitro groups is 1. The molecule has 3 rings (SSSR count). The fourth-order valence-corrected chi connectivity index (χ4v) is 5.32. The topological polar surface area (TPSA) is 95.8 Å². The van der Waals surface area contributed by atoms with Crippen molar-refractivity contribution in [2.45, 2.75) is 37.6 Å². The van der Waals surface area contributed by atoms with E-state index in [1.165, 1.54) is 28.6 Å². The third-order valence-corrected chi connectivity index (χ3v) is 7.58. The summed E-state index contributed by atoms with van der Waals surface area (Å²) in [6, 6.07) is 10.5. The Morgan fingerprint density at radius 1 is 1.13 bits per heavy atom. The van der Waals surface area contributed by atoms with Gasteiger partial charge in [0.1, 0.15) is 11.5 Å². The molecular weight excluding hydrogens is 423 g/mol. The van der Waals surface area contributed by atoms with Crippen LogP contribution in [0.2, 0.25) is 0 Å². The molecule has 168 valence electrons. The zero-order chi connectivity index (χ0) is 22.6. The Balaban J connectivity index is 1.76. The van der Waals surface area contributed by atoms with Gasteiger partial charge < -0.3 is 10.2 Å². The number of hydrogen-bond donors (Lipinski definition) is 1. The van der Waals surface area contributed by atoms with Crippen LogP contribution in [0.5, 0.6) is 0 Å². The normalized spacial score (nSPS) is 15.3. The van der Waals surface area contributed by atoms with E-state index in [0.29, 0.717) is 31.9 Å². The number of piperidine rings is 1. The predicted octanol–water partition coefficient (Wildman–Crippen LogP) is 3.85. The highest BCUT2D eigenvalue weighted by molar-refractivity contribution is 7.89. The van der Waals surface area contributed by atoms with Crippen LogP contribution in [0.3, 0.4) is 0 Å². The van der Waals surface area contributed by atoms with E-state index in [2.05, 4.69) is 5.32 Å². The van der Waals surface area contributed by atoms with Gasteiger partial charge in [0.25, 0.3) is 5.69 Å². The smallest absolute Gasteiger partial charge is 0.293 e. The summed E-state index contributed by atoms with van der Waals surface area (Å²) in [5.41, 5.74) is 1.04. The van der Waals surface area contributed by atoms with E-state index in [-0.39, 0.29) is 22.4 Å². The summed E-state index contributed by atoms with van der Waals surface area (Å²) in [6.07, 6.45) is 1.49. The molecule has 1 aliphatic heterocycles. The molecule has 2 aromatic rings. The van der Waals surface area contributed by atoms with Crippen molar-refractivity contribution in [2.24, 2.45) is 0 Å². The molecule has 1 fully saturated rings. The minimum absolute atomic E-state index is 0.0699. The highest BCUT2D eigenvalue weighted by atomic mass is 32.2. The molecule has 1 N–H and O–H groups in total. The number of sulfonamides is 1. The average Bonchev–Trinajstić information content (AvgIpc) is 2.76. The standard InChI is InChI=1S/C21H27FN4O4S/c1-3-25(4-2)31(29,30)19-9-10-20(21(15-19)26(27)28)24-13-11-18(12-14-24)23-17-7-5-16(22)6-8-17/h5-10,15,18,23H,3-4,11-14H2,1-2H3. The van der Waals surface area contributed by atoms with Gasteiger partial charge in [0.2, 0.25) is 10.0 Å². The summed E-state index contributed by atoms with van der Waals surface area (Å²) in [5.74, 6) is -0.292. The molecule has 1 heterocycles. The summed E-state index contributed by atoms with van der Waals surface area (Å²) in [7, 11) is -3.78. The fourth-order valence-electron chi connectivity index (χ4n) is 3.84. The minimum Gasteiger partial charge on any atom is -0.382 e. The maximum absolute atomic E-state index is 13.1. The van der Waals surface area contributed by atoms with Gasteiger partial charge >= 0.3 is 0 Å². The van der Waals surface area contributed by atoms with Gasteiger partial charge in [-0.1, -0.05) is 13.8 Å². The Hall–Kier alpha value is -2.72. The summed E-state index contributed by atoms with van der Waals surface area (Å²) in [4.78, 5) is 13.0. The second-order valence-electron chi connectivity index (χ2n) is 7.41. The summed E-state index contributed by atoms with van der Waals surface area (Å²) in [6.45, 7) is 5.22. The number of nitro benzene ring substituents is 1. The lowest BCUT2D eigenvalue weighted by Gasteiger charge is -2.34. The molecule has 0 spiro atoms. The summed E-state index contributed by atoms with van der Waals surface area (Å²) >= 11 is 0. The van der Waals surface area contributed by atoms with Crippen molar-refractivity contribution in [2.75, 3.05) is 36.4 Å². The minimum atomic E-state index is -3.78. The molecule has 0 saturated carbocycles. The van der Waals surface area contributed by atoms with Gasteiger partial charge in [-0.3, -0.25) is 10.1 Å². The van der Waals surface area contributed by atoms with Gasteiger partial charge in [0.15, 0.2) is 0 Å². The lowest BCUT2D eigenvalue weighted by Crippen LogP contribution is -2.39. The molecule has 8 nitrogen and oxygen atoms in total. The van der Waals surface area contributed by atoms with Gasteiger partial charge in [0, 0.05) is 44.0 Å². The largest absolute Gasteiger partial charge is 0.382 e. The van der Waals surface area contributed by atoms with Crippen molar-refractivity contribution in [1.29, 1.82) is 0 Å². The van der Waals surface area contributed by atoms with Crippen molar-refractivity contribution >= 4 is 27.1 Å². The molecule has 2 aromatic carbocycles. The number of benzene rings is 2. The quantitative estimate of drug-likeness (QED) is 0.485. The van der Waals surface area contributed by atoms with Gasteiger partial charge in [-0.05, 0) is 49.2 Å². The maximum Gasteiger partial charge on any atom is 0.293 e. The first-order chi connectivity index (χ1) is 14.8. The van der Waals surface area contributed by atoms with Crippen molar-refractivity contribution in [3.05, 3.63) is 58.4 Å². The van der Waals surface area contributed by atoms with Crippen LogP contribution in [-0.2, 0) is 10.0 Å². The monoisotopic (exact) mass is 450 g/mol.